The van der Waals surface area contributed by atoms with Gasteiger partial charge in [0, 0.05) is 24.6 Å². The molecule has 0 saturated heterocycles. The van der Waals surface area contributed by atoms with Crippen LogP contribution in [0.25, 0.3) is 0 Å². The van der Waals surface area contributed by atoms with Crippen molar-refractivity contribution in [1.29, 1.82) is 0 Å². The van der Waals surface area contributed by atoms with Crippen LogP contribution >= 0.6 is 11.6 Å². The molecule has 0 fully saturated rings. The van der Waals surface area contributed by atoms with Gasteiger partial charge >= 0.3 is 0 Å². The van der Waals surface area contributed by atoms with Crippen LogP contribution in [0.3, 0.4) is 0 Å². The largest absolute Gasteiger partial charge is 0.285 e. The number of anilines is 1. The van der Waals surface area contributed by atoms with Gasteiger partial charge in [-0.05, 0) is 43.2 Å². The summed E-state index contributed by atoms with van der Waals surface area (Å²) in [4.78, 5) is 0. The van der Waals surface area contributed by atoms with Gasteiger partial charge in [0.2, 0.25) is 0 Å². The van der Waals surface area contributed by atoms with E-state index in [0.29, 0.717) is 18.0 Å². The third kappa shape index (κ3) is 8.67. The highest BCUT2D eigenvalue weighted by molar-refractivity contribution is 7.90. The smallest absolute Gasteiger partial charge is 0.269 e. The van der Waals surface area contributed by atoms with Gasteiger partial charge in [0.15, 0.2) is 12.4 Å². The molecular weight excluding hydrogens is 490 g/mol. The zero-order valence-corrected chi connectivity index (χ0v) is 20.8. The van der Waals surface area contributed by atoms with Gasteiger partial charge in [-0.3, -0.25) is 14.1 Å². The Morgan fingerprint density at radius 3 is 2.24 bits per heavy atom. The first-order valence-corrected chi connectivity index (χ1v) is 13.7. The summed E-state index contributed by atoms with van der Waals surface area (Å²) >= 11 is 5.90. The predicted molar refractivity (Wildman–Crippen MR) is 129 cm³/mol. The fourth-order valence-corrected chi connectivity index (χ4v) is 6.45. The van der Waals surface area contributed by atoms with Crippen molar-refractivity contribution in [2.75, 3.05) is 12.1 Å². The van der Waals surface area contributed by atoms with Crippen LogP contribution in [0.15, 0.2) is 53.9 Å². The average molecular weight is 519 g/mol. The summed E-state index contributed by atoms with van der Waals surface area (Å²) in [5, 5.41) is 3.56. The Morgan fingerprint density at radius 2 is 1.67 bits per heavy atom. The van der Waals surface area contributed by atoms with Crippen molar-refractivity contribution in [3.05, 3.63) is 59.4 Å². The molecule has 0 saturated carbocycles. The van der Waals surface area contributed by atoms with E-state index in [9.17, 15) is 25.9 Å². The van der Waals surface area contributed by atoms with Crippen molar-refractivity contribution < 1.29 is 30.5 Å². The highest BCUT2D eigenvalue weighted by Gasteiger charge is 2.39. The van der Waals surface area contributed by atoms with E-state index in [1.807, 2.05) is 35.0 Å². The van der Waals surface area contributed by atoms with Crippen LogP contribution < -0.4 is 9.58 Å². The van der Waals surface area contributed by atoms with Crippen molar-refractivity contribution in [2.45, 2.75) is 49.7 Å². The van der Waals surface area contributed by atoms with Crippen LogP contribution in [0, 0.1) is 0 Å². The average Bonchev–Trinajstić information content (AvgIpc) is 2.73. The SMILES string of the molecule is CCCC(C(CCC[n+]1cccc(C=NN(C)c2ccc(Cl)cc2)c1)S(=O)(=O)O)S(=O)(=O)O. The molecule has 182 valence electrons. The van der Waals surface area contributed by atoms with E-state index in [-0.39, 0.29) is 19.3 Å². The fraction of sp³-hybridized carbons (Fsp3) is 0.429. The van der Waals surface area contributed by atoms with Crippen LogP contribution in [0.5, 0.6) is 0 Å². The van der Waals surface area contributed by atoms with Crippen molar-refractivity contribution in [3.63, 3.8) is 0 Å². The number of nitrogens with zero attached hydrogens (tertiary/aromatic N) is 3. The second-order valence-corrected chi connectivity index (χ2v) is 11.4. The van der Waals surface area contributed by atoms with E-state index >= 15 is 0 Å². The van der Waals surface area contributed by atoms with E-state index in [0.717, 1.165) is 11.3 Å². The normalized spacial score (nSPS) is 14.3. The van der Waals surface area contributed by atoms with Crippen LogP contribution in [0.4, 0.5) is 5.69 Å². The minimum Gasteiger partial charge on any atom is -0.285 e. The first-order chi connectivity index (χ1) is 15.4. The maximum Gasteiger partial charge on any atom is 0.269 e. The number of halogens is 1. The van der Waals surface area contributed by atoms with Gasteiger partial charge in [-0.1, -0.05) is 24.9 Å². The van der Waals surface area contributed by atoms with Gasteiger partial charge < -0.3 is 0 Å². The standard InChI is InChI=1S/C21H28ClN3O6S2/c1-3-6-20(32(26,27)28)21(33(29,30)31)8-5-14-25-13-4-7-17(16-25)15-23-24(2)19-11-9-18(22)10-12-19/h4,7,9-13,15-16,20-21H,3,5-6,8,14H2,1-2H3,(H-,26,27,28,29,30,31)/p+1. The summed E-state index contributed by atoms with van der Waals surface area (Å²) in [6.07, 6.45) is 5.70. The van der Waals surface area contributed by atoms with Crippen LogP contribution in [0.1, 0.15) is 38.2 Å². The lowest BCUT2D eigenvalue weighted by Crippen LogP contribution is -2.41. The Bertz CT molecular complexity index is 1150. The highest BCUT2D eigenvalue weighted by Crippen LogP contribution is 2.22. The molecular formula is C21H29ClN3O6S2+. The molecule has 0 aliphatic carbocycles. The zero-order chi connectivity index (χ0) is 24.6. The van der Waals surface area contributed by atoms with Gasteiger partial charge in [0.25, 0.3) is 20.2 Å². The van der Waals surface area contributed by atoms with E-state index in [1.165, 1.54) is 0 Å². The van der Waals surface area contributed by atoms with Crippen molar-refractivity contribution >= 4 is 43.7 Å². The van der Waals surface area contributed by atoms with Crippen molar-refractivity contribution in [3.8, 4) is 0 Å². The topological polar surface area (TPSA) is 128 Å². The van der Waals surface area contributed by atoms with Gasteiger partial charge in [-0.2, -0.15) is 21.9 Å². The molecule has 1 heterocycles. The number of pyridine rings is 1. The second-order valence-electron chi connectivity index (χ2n) is 7.66. The molecule has 0 amide bonds. The molecule has 9 nitrogen and oxygen atoms in total. The number of aryl methyl sites for hydroxylation is 1. The number of benzene rings is 1. The summed E-state index contributed by atoms with van der Waals surface area (Å²) in [5.74, 6) is 0. The molecule has 0 radical (unpaired) electrons. The predicted octanol–water partition coefficient (Wildman–Crippen LogP) is 3.19. The second kappa shape index (κ2) is 11.9. The summed E-state index contributed by atoms with van der Waals surface area (Å²) in [6, 6.07) is 10.9. The Morgan fingerprint density at radius 1 is 1.06 bits per heavy atom. The number of rotatable bonds is 12. The number of hydrogen-bond acceptors (Lipinski definition) is 6. The lowest BCUT2D eigenvalue weighted by Gasteiger charge is -2.21. The first kappa shape index (κ1) is 27.2. The van der Waals surface area contributed by atoms with E-state index in [4.69, 9.17) is 11.6 Å². The summed E-state index contributed by atoms with van der Waals surface area (Å²) in [6.45, 7) is 2.05. The van der Waals surface area contributed by atoms with Crippen molar-refractivity contribution in [1.82, 2.24) is 0 Å². The molecule has 2 N–H and O–H groups in total. The summed E-state index contributed by atoms with van der Waals surface area (Å²) in [5.41, 5.74) is 1.66. The molecule has 1 aromatic heterocycles. The minimum atomic E-state index is -4.66. The summed E-state index contributed by atoms with van der Waals surface area (Å²) < 4.78 is 67.8. The van der Waals surface area contributed by atoms with Crippen LogP contribution in [0.2, 0.25) is 5.02 Å². The van der Waals surface area contributed by atoms with E-state index in [2.05, 4.69) is 5.10 Å². The molecule has 12 heteroatoms. The molecule has 33 heavy (non-hydrogen) atoms. The monoisotopic (exact) mass is 518 g/mol. The summed E-state index contributed by atoms with van der Waals surface area (Å²) in [7, 11) is -7.49. The Labute approximate surface area is 200 Å². The Balaban J connectivity index is 2.06. The van der Waals surface area contributed by atoms with E-state index in [1.54, 1.807) is 43.5 Å². The highest BCUT2D eigenvalue weighted by atomic mass is 35.5. The number of aromatic nitrogens is 1. The van der Waals surface area contributed by atoms with Crippen molar-refractivity contribution in [2.24, 2.45) is 5.10 Å². The molecule has 0 aliphatic heterocycles. The van der Waals surface area contributed by atoms with Crippen LogP contribution in [-0.2, 0) is 26.8 Å². The fourth-order valence-electron chi connectivity index (χ4n) is 3.45. The maximum absolute atomic E-state index is 11.8. The molecule has 2 rings (SSSR count). The molecule has 1 aromatic carbocycles. The van der Waals surface area contributed by atoms with Gasteiger partial charge in [-0.15, -0.1) is 0 Å². The van der Waals surface area contributed by atoms with Crippen LogP contribution in [-0.4, -0.2) is 49.7 Å². The molecule has 0 spiro atoms. The molecule has 0 bridgehead atoms. The molecule has 2 aromatic rings. The molecule has 0 aliphatic rings. The molecule has 2 unspecified atom stereocenters. The lowest BCUT2D eigenvalue weighted by molar-refractivity contribution is -0.697. The number of hydrogen-bond donors (Lipinski definition) is 2. The number of hydrazone groups is 1. The minimum absolute atomic E-state index is 0.0660. The first-order valence-electron chi connectivity index (χ1n) is 10.4. The quantitative estimate of drug-likeness (QED) is 0.191. The Kier molecular flexibility index (Phi) is 9.80. The Hall–Kier alpha value is -2.05. The third-order valence-corrected chi connectivity index (χ3v) is 8.20. The maximum atomic E-state index is 11.8. The van der Waals surface area contributed by atoms with Gasteiger partial charge in [0.05, 0.1) is 17.5 Å². The lowest BCUT2D eigenvalue weighted by atomic mass is 10.1. The molecule has 2 atom stereocenters. The third-order valence-electron chi connectivity index (χ3n) is 5.12. The van der Waals surface area contributed by atoms with Gasteiger partial charge in [-0.25, -0.2) is 4.57 Å². The van der Waals surface area contributed by atoms with Gasteiger partial charge in [0.1, 0.15) is 17.0 Å². The van der Waals surface area contributed by atoms with E-state index < -0.39 is 30.7 Å². The zero-order valence-electron chi connectivity index (χ0n) is 18.4.